The molecule has 1 aliphatic carbocycles. The average molecular weight is 176 g/mol. The molecule has 0 aliphatic heterocycles. The first-order valence-electron chi connectivity index (χ1n) is 4.49. The zero-order valence-electron chi connectivity index (χ0n) is 8.34. The van der Waals surface area contributed by atoms with Crippen LogP contribution in [0.5, 0.6) is 0 Å². The van der Waals surface area contributed by atoms with Crippen molar-refractivity contribution < 1.29 is 4.79 Å². The van der Waals surface area contributed by atoms with Crippen LogP contribution in [0, 0.1) is 11.3 Å². The van der Waals surface area contributed by atoms with Gasteiger partial charge in [-0.05, 0) is 17.4 Å². The first-order valence-corrected chi connectivity index (χ1v) is 4.49. The van der Waals surface area contributed by atoms with Crippen LogP contribution in [0.1, 0.15) is 20.3 Å². The Morgan fingerprint density at radius 3 is 2.69 bits per heavy atom. The van der Waals surface area contributed by atoms with Crippen molar-refractivity contribution in [1.29, 1.82) is 0 Å². The van der Waals surface area contributed by atoms with E-state index in [0.29, 0.717) is 0 Å². The van der Waals surface area contributed by atoms with Gasteiger partial charge in [-0.1, -0.05) is 44.7 Å². The van der Waals surface area contributed by atoms with Gasteiger partial charge in [0.2, 0.25) is 0 Å². The third kappa shape index (κ3) is 1.80. The summed E-state index contributed by atoms with van der Waals surface area (Å²) < 4.78 is 0. The van der Waals surface area contributed by atoms with Crippen LogP contribution >= 0.6 is 0 Å². The largest absolute Gasteiger partial charge is 0.302 e. The highest BCUT2D eigenvalue weighted by Gasteiger charge is 2.29. The lowest BCUT2D eigenvalue weighted by Crippen LogP contribution is -2.23. The van der Waals surface area contributed by atoms with Crippen molar-refractivity contribution in [3.63, 3.8) is 0 Å². The van der Waals surface area contributed by atoms with Crippen molar-refractivity contribution in [1.82, 2.24) is 0 Å². The molecule has 1 rings (SSSR count). The normalized spacial score (nSPS) is 26.5. The Morgan fingerprint density at radius 1 is 1.62 bits per heavy atom. The van der Waals surface area contributed by atoms with Gasteiger partial charge in [0.1, 0.15) is 6.29 Å². The third-order valence-corrected chi connectivity index (χ3v) is 2.65. The van der Waals surface area contributed by atoms with E-state index in [2.05, 4.69) is 27.0 Å². The second-order valence-corrected chi connectivity index (χ2v) is 4.21. The second-order valence-electron chi connectivity index (χ2n) is 4.21. The van der Waals surface area contributed by atoms with Gasteiger partial charge in [0, 0.05) is 0 Å². The highest BCUT2D eigenvalue weighted by Crippen LogP contribution is 2.40. The number of carbonyl (C=O) groups excluding carboxylic acids is 1. The molecule has 13 heavy (non-hydrogen) atoms. The van der Waals surface area contributed by atoms with E-state index in [1.807, 2.05) is 12.2 Å². The molecule has 0 aromatic heterocycles. The summed E-state index contributed by atoms with van der Waals surface area (Å²) in [6.07, 6.45) is 5.62. The molecule has 1 heteroatoms. The summed E-state index contributed by atoms with van der Waals surface area (Å²) in [6.45, 7) is 12.0. The van der Waals surface area contributed by atoms with Gasteiger partial charge in [0.05, 0.1) is 5.92 Å². The zero-order valence-corrected chi connectivity index (χ0v) is 8.34. The molecule has 0 aromatic carbocycles. The predicted molar refractivity (Wildman–Crippen MR) is 55.4 cm³/mol. The van der Waals surface area contributed by atoms with Crippen molar-refractivity contribution in [3.05, 3.63) is 36.5 Å². The Kier molecular flexibility index (Phi) is 2.55. The van der Waals surface area contributed by atoms with E-state index in [-0.39, 0.29) is 11.3 Å². The van der Waals surface area contributed by atoms with Gasteiger partial charge < -0.3 is 4.79 Å². The molecule has 1 aliphatic rings. The van der Waals surface area contributed by atoms with E-state index >= 15 is 0 Å². The quantitative estimate of drug-likeness (QED) is 0.467. The maximum atomic E-state index is 10.7. The van der Waals surface area contributed by atoms with E-state index in [9.17, 15) is 4.79 Å². The van der Waals surface area contributed by atoms with E-state index < -0.39 is 0 Å². The van der Waals surface area contributed by atoms with Gasteiger partial charge in [-0.15, -0.1) is 0 Å². The van der Waals surface area contributed by atoms with Crippen molar-refractivity contribution in [2.75, 3.05) is 0 Å². The second kappa shape index (κ2) is 3.33. The maximum absolute atomic E-state index is 10.7. The first-order chi connectivity index (χ1) is 6.01. The summed E-state index contributed by atoms with van der Waals surface area (Å²) in [4.78, 5) is 10.7. The van der Waals surface area contributed by atoms with Gasteiger partial charge in [0.25, 0.3) is 0 Å². The summed E-state index contributed by atoms with van der Waals surface area (Å²) in [7, 11) is 0. The summed E-state index contributed by atoms with van der Waals surface area (Å²) >= 11 is 0. The van der Waals surface area contributed by atoms with Gasteiger partial charge in [-0.25, -0.2) is 0 Å². The molecule has 1 nitrogen and oxygen atoms in total. The Balaban J connectivity index is 3.08. The van der Waals surface area contributed by atoms with Gasteiger partial charge in [-0.2, -0.15) is 0 Å². The minimum atomic E-state index is -0.110. The third-order valence-electron chi connectivity index (χ3n) is 2.65. The molecule has 0 radical (unpaired) electrons. The van der Waals surface area contributed by atoms with Crippen molar-refractivity contribution in [2.24, 2.45) is 11.3 Å². The van der Waals surface area contributed by atoms with Crippen LogP contribution in [-0.2, 0) is 4.79 Å². The molecule has 1 atom stereocenters. The fraction of sp³-hybridized carbons (Fsp3) is 0.417. The van der Waals surface area contributed by atoms with Gasteiger partial charge in [0.15, 0.2) is 0 Å². The highest BCUT2D eigenvalue weighted by molar-refractivity contribution is 5.64. The number of carbonyl (C=O) groups is 1. The van der Waals surface area contributed by atoms with Crippen molar-refractivity contribution >= 4 is 6.29 Å². The summed E-state index contributed by atoms with van der Waals surface area (Å²) in [5, 5.41) is 0. The van der Waals surface area contributed by atoms with Crippen LogP contribution < -0.4 is 0 Å². The van der Waals surface area contributed by atoms with E-state index in [4.69, 9.17) is 0 Å². The molecule has 1 unspecified atom stereocenters. The minimum Gasteiger partial charge on any atom is -0.302 e. The number of aldehydes is 1. The number of rotatable bonds is 2. The molecule has 0 spiro atoms. The summed E-state index contributed by atoms with van der Waals surface area (Å²) in [5.74, 6) is -0.110. The van der Waals surface area contributed by atoms with E-state index in [1.165, 1.54) is 0 Å². The van der Waals surface area contributed by atoms with Crippen LogP contribution in [0.15, 0.2) is 36.5 Å². The van der Waals surface area contributed by atoms with E-state index in [1.54, 1.807) is 0 Å². The SMILES string of the molecule is C=CC1=CC(C=O)C(=C)CC1(C)C. The Labute approximate surface area is 79.8 Å². The van der Waals surface area contributed by atoms with Crippen LogP contribution in [0.4, 0.5) is 0 Å². The fourth-order valence-corrected chi connectivity index (χ4v) is 1.80. The molecule has 0 bridgehead atoms. The average Bonchev–Trinajstić information content (AvgIpc) is 2.03. The van der Waals surface area contributed by atoms with E-state index in [0.717, 1.165) is 23.9 Å². The standard InChI is InChI=1S/C12H16O/c1-5-11-6-10(8-13)9(2)7-12(11,3)4/h5-6,8,10H,1-2,7H2,3-4H3. The summed E-state index contributed by atoms with van der Waals surface area (Å²) in [6, 6.07) is 0. The lowest BCUT2D eigenvalue weighted by molar-refractivity contribution is -0.109. The van der Waals surface area contributed by atoms with Crippen LogP contribution in [0.25, 0.3) is 0 Å². The van der Waals surface area contributed by atoms with Crippen LogP contribution in [-0.4, -0.2) is 6.29 Å². The zero-order chi connectivity index (χ0) is 10.1. The molecular weight excluding hydrogens is 160 g/mol. The highest BCUT2D eigenvalue weighted by atomic mass is 16.1. The molecule has 70 valence electrons. The molecule has 0 saturated carbocycles. The lowest BCUT2D eigenvalue weighted by atomic mass is 9.71. The summed E-state index contributed by atoms with van der Waals surface area (Å²) in [5.41, 5.74) is 2.24. The molecule has 0 heterocycles. The van der Waals surface area contributed by atoms with Gasteiger partial charge in [-0.3, -0.25) is 0 Å². The first kappa shape index (κ1) is 9.97. The number of hydrogen-bond donors (Lipinski definition) is 0. The molecule has 0 aromatic rings. The monoisotopic (exact) mass is 176 g/mol. The molecule has 0 saturated heterocycles. The van der Waals surface area contributed by atoms with Crippen molar-refractivity contribution in [2.45, 2.75) is 20.3 Å². The minimum absolute atomic E-state index is 0.0817. The number of allylic oxidation sites excluding steroid dienone is 4. The predicted octanol–water partition coefficient (Wildman–Crippen LogP) is 2.90. The van der Waals surface area contributed by atoms with Crippen molar-refractivity contribution in [3.8, 4) is 0 Å². The Bertz CT molecular complexity index is 281. The Morgan fingerprint density at radius 2 is 2.23 bits per heavy atom. The number of hydrogen-bond acceptors (Lipinski definition) is 1. The van der Waals surface area contributed by atoms with Crippen LogP contribution in [0.3, 0.4) is 0 Å². The lowest BCUT2D eigenvalue weighted by Gasteiger charge is -2.33. The molecule has 0 amide bonds. The molecule has 0 fully saturated rings. The maximum Gasteiger partial charge on any atom is 0.130 e. The fourth-order valence-electron chi connectivity index (χ4n) is 1.80. The Hall–Kier alpha value is -1.11. The smallest absolute Gasteiger partial charge is 0.130 e. The van der Waals surface area contributed by atoms with Crippen LogP contribution in [0.2, 0.25) is 0 Å². The molecular formula is C12H16O. The van der Waals surface area contributed by atoms with Gasteiger partial charge >= 0.3 is 0 Å². The molecule has 0 N–H and O–H groups in total. The topological polar surface area (TPSA) is 17.1 Å².